The van der Waals surface area contributed by atoms with Gasteiger partial charge in [-0.25, -0.2) is 9.67 Å². The minimum absolute atomic E-state index is 0.0631. The third-order valence-corrected chi connectivity index (χ3v) is 5.33. The molecule has 7 heteroatoms. The Bertz CT molecular complexity index is 929. The molecule has 0 radical (unpaired) electrons. The maximum absolute atomic E-state index is 12.9. The zero-order valence-electron chi connectivity index (χ0n) is 16.4. The van der Waals surface area contributed by atoms with Crippen LogP contribution < -0.4 is 5.32 Å². The van der Waals surface area contributed by atoms with Crippen LogP contribution in [0.1, 0.15) is 61.6 Å². The van der Waals surface area contributed by atoms with Gasteiger partial charge in [-0.2, -0.15) is 5.10 Å². The Morgan fingerprint density at radius 3 is 2.93 bits per heavy atom. The van der Waals surface area contributed by atoms with Gasteiger partial charge in [-0.05, 0) is 45.2 Å². The monoisotopic (exact) mass is 378 g/mol. The molecule has 0 spiro atoms. The fraction of sp³-hybridized carbons (Fsp3) is 0.429. The molecule has 1 N–H and O–H groups in total. The molecule has 1 unspecified atom stereocenters. The van der Waals surface area contributed by atoms with Crippen molar-refractivity contribution in [3.8, 4) is 0 Å². The largest absolute Gasteiger partial charge is 0.361 e. The summed E-state index contributed by atoms with van der Waals surface area (Å²) in [6.07, 6.45) is 12.2. The number of carbonyl (C=O) groups is 1. The third-order valence-electron chi connectivity index (χ3n) is 5.33. The Hall–Kier alpha value is -2.96. The van der Waals surface area contributed by atoms with Gasteiger partial charge in [0.2, 0.25) is 0 Å². The molecule has 0 saturated carbocycles. The van der Waals surface area contributed by atoms with Crippen molar-refractivity contribution in [2.24, 2.45) is 0 Å². The quantitative estimate of drug-likeness (QED) is 0.499. The average Bonchev–Trinajstić information content (AvgIpc) is 3.35. The molecular weight excluding hydrogens is 352 g/mol. The normalized spacial score (nSPS) is 17.7. The highest BCUT2D eigenvalue weighted by Gasteiger charge is 2.36. The van der Waals surface area contributed by atoms with Gasteiger partial charge < -0.3 is 9.88 Å². The Labute approximate surface area is 164 Å². The molecule has 0 aliphatic carbocycles. The molecule has 28 heavy (non-hydrogen) atoms. The van der Waals surface area contributed by atoms with Crippen molar-refractivity contribution in [3.05, 3.63) is 60.6 Å². The first-order valence-electron chi connectivity index (χ1n) is 9.79. The summed E-state index contributed by atoms with van der Waals surface area (Å²) in [6.45, 7) is 5.19. The van der Waals surface area contributed by atoms with Crippen LogP contribution in [0, 0.1) is 0 Å². The van der Waals surface area contributed by atoms with Crippen molar-refractivity contribution in [1.29, 1.82) is 0 Å². The summed E-state index contributed by atoms with van der Waals surface area (Å²) in [5.74, 6) is 0.948. The van der Waals surface area contributed by atoms with E-state index >= 15 is 0 Å². The number of Topliss-reactive ketones (excluding diaryl/α,β-unsaturated/α-hetero) is 1. The number of nitrogens with zero attached hydrogens (tertiary/aromatic N) is 5. The number of hydrogen-bond donors (Lipinski definition) is 1. The van der Waals surface area contributed by atoms with Crippen molar-refractivity contribution >= 4 is 11.6 Å². The van der Waals surface area contributed by atoms with Gasteiger partial charge in [0.15, 0.2) is 5.78 Å². The van der Waals surface area contributed by atoms with Gasteiger partial charge in [0.1, 0.15) is 5.82 Å². The van der Waals surface area contributed by atoms with Gasteiger partial charge in [0.25, 0.3) is 0 Å². The summed E-state index contributed by atoms with van der Waals surface area (Å²) < 4.78 is 3.99. The SMILES string of the molecule is CC1(C)CC(c2ccccn2)Nc2c(C(=O)CCCCn3ccnc3)cnn21. The van der Waals surface area contributed by atoms with Gasteiger partial charge in [0, 0.05) is 31.6 Å². The number of nitrogens with one attached hydrogen (secondary N) is 1. The van der Waals surface area contributed by atoms with Crippen LogP contribution >= 0.6 is 0 Å². The number of anilines is 1. The molecule has 146 valence electrons. The lowest BCUT2D eigenvalue weighted by molar-refractivity contribution is 0.0979. The van der Waals surface area contributed by atoms with Crippen LogP contribution in [-0.2, 0) is 12.1 Å². The summed E-state index contributed by atoms with van der Waals surface area (Å²) in [7, 11) is 0. The molecule has 1 aliphatic heterocycles. The van der Waals surface area contributed by atoms with Crippen molar-refractivity contribution in [2.45, 2.75) is 57.7 Å². The lowest BCUT2D eigenvalue weighted by Crippen LogP contribution is -2.38. The lowest BCUT2D eigenvalue weighted by Gasteiger charge is -2.37. The number of carbonyl (C=O) groups excluding carboxylic acids is 1. The topological polar surface area (TPSA) is 77.6 Å². The van der Waals surface area contributed by atoms with Crippen molar-refractivity contribution < 1.29 is 4.79 Å². The van der Waals surface area contributed by atoms with E-state index in [1.54, 1.807) is 18.7 Å². The van der Waals surface area contributed by atoms with Crippen molar-refractivity contribution in [2.75, 3.05) is 5.32 Å². The molecule has 3 aromatic rings. The van der Waals surface area contributed by atoms with E-state index in [0.717, 1.165) is 37.3 Å². The Morgan fingerprint density at radius 2 is 2.18 bits per heavy atom. The van der Waals surface area contributed by atoms with Crippen LogP contribution in [0.4, 0.5) is 5.82 Å². The second kappa shape index (κ2) is 7.58. The van der Waals surface area contributed by atoms with Gasteiger partial charge in [-0.15, -0.1) is 0 Å². The fourth-order valence-electron chi connectivity index (χ4n) is 3.85. The van der Waals surface area contributed by atoms with E-state index < -0.39 is 0 Å². The van der Waals surface area contributed by atoms with Crippen molar-refractivity contribution in [3.63, 3.8) is 0 Å². The van der Waals surface area contributed by atoms with Gasteiger partial charge >= 0.3 is 0 Å². The maximum atomic E-state index is 12.9. The maximum Gasteiger partial charge on any atom is 0.168 e. The van der Waals surface area contributed by atoms with Crippen LogP contribution in [0.15, 0.2) is 49.3 Å². The number of unbranched alkanes of at least 4 members (excludes halogenated alkanes) is 1. The molecule has 0 amide bonds. The first-order valence-corrected chi connectivity index (χ1v) is 9.79. The average molecular weight is 378 g/mol. The standard InChI is InChI=1S/C21H26N6O/c1-21(2)13-18(17-7-3-5-9-23-17)25-20-16(14-24-27(20)21)19(28)8-4-6-11-26-12-10-22-15-26/h3,5,7,9-10,12,14-15,18,25H,4,6,8,11,13H2,1-2H3. The highest BCUT2D eigenvalue weighted by Crippen LogP contribution is 2.39. The molecule has 4 rings (SSSR count). The van der Waals surface area contributed by atoms with Gasteiger partial charge in [-0.1, -0.05) is 6.07 Å². The molecule has 0 aromatic carbocycles. The second-order valence-electron chi connectivity index (χ2n) is 7.97. The number of aryl methyl sites for hydroxylation is 1. The Kier molecular flexibility index (Phi) is 4.98. The Balaban J connectivity index is 1.46. The van der Waals surface area contributed by atoms with E-state index in [1.165, 1.54) is 0 Å². The molecule has 1 atom stereocenters. The number of fused-ring (bicyclic) bond motifs is 1. The first kappa shape index (κ1) is 18.4. The number of rotatable bonds is 7. The molecule has 1 aliphatic rings. The molecule has 7 nitrogen and oxygen atoms in total. The molecule has 0 fully saturated rings. The second-order valence-corrected chi connectivity index (χ2v) is 7.97. The number of hydrogen-bond acceptors (Lipinski definition) is 5. The van der Waals surface area contributed by atoms with E-state index in [9.17, 15) is 4.79 Å². The predicted octanol–water partition coefficient (Wildman–Crippen LogP) is 3.82. The van der Waals surface area contributed by atoms with Crippen LogP contribution in [0.2, 0.25) is 0 Å². The summed E-state index contributed by atoms with van der Waals surface area (Å²) >= 11 is 0. The summed E-state index contributed by atoms with van der Waals surface area (Å²) in [5, 5.41) is 8.04. The molecule has 0 bridgehead atoms. The van der Waals surface area contributed by atoms with Crippen LogP contribution in [0.5, 0.6) is 0 Å². The van der Waals surface area contributed by atoms with Crippen LogP contribution in [-0.4, -0.2) is 30.1 Å². The lowest BCUT2D eigenvalue weighted by atomic mass is 9.90. The zero-order chi connectivity index (χ0) is 19.6. The highest BCUT2D eigenvalue weighted by atomic mass is 16.1. The third kappa shape index (κ3) is 3.69. The summed E-state index contributed by atoms with van der Waals surface area (Å²) in [5.41, 5.74) is 1.47. The molecule has 0 saturated heterocycles. The molecule has 4 heterocycles. The number of imidazole rings is 1. The van der Waals surface area contributed by atoms with Gasteiger partial charge in [-0.3, -0.25) is 9.78 Å². The van der Waals surface area contributed by atoms with Crippen LogP contribution in [0.25, 0.3) is 0 Å². The smallest absolute Gasteiger partial charge is 0.168 e. The zero-order valence-corrected chi connectivity index (χ0v) is 16.4. The minimum Gasteiger partial charge on any atom is -0.361 e. The predicted molar refractivity (Wildman–Crippen MR) is 107 cm³/mol. The van der Waals surface area contributed by atoms with E-state index in [0.29, 0.717) is 12.0 Å². The van der Waals surface area contributed by atoms with E-state index in [2.05, 4.69) is 34.2 Å². The minimum atomic E-state index is -0.192. The van der Waals surface area contributed by atoms with Crippen LogP contribution in [0.3, 0.4) is 0 Å². The van der Waals surface area contributed by atoms with E-state index in [-0.39, 0.29) is 17.4 Å². The molecule has 3 aromatic heterocycles. The fourth-order valence-corrected chi connectivity index (χ4v) is 3.85. The summed E-state index contributed by atoms with van der Waals surface area (Å²) in [4.78, 5) is 21.4. The number of pyridine rings is 1. The number of aromatic nitrogens is 5. The highest BCUT2D eigenvalue weighted by molar-refractivity contribution is 6.00. The first-order chi connectivity index (χ1) is 13.5. The Morgan fingerprint density at radius 1 is 1.29 bits per heavy atom. The van der Waals surface area contributed by atoms with E-state index in [1.807, 2.05) is 39.8 Å². The number of ketones is 1. The molecular formula is C21H26N6O. The summed E-state index contributed by atoms with van der Waals surface area (Å²) in [6, 6.07) is 6.00. The van der Waals surface area contributed by atoms with E-state index in [4.69, 9.17) is 0 Å². The van der Waals surface area contributed by atoms with Crippen molar-refractivity contribution in [1.82, 2.24) is 24.3 Å². The van der Waals surface area contributed by atoms with Gasteiger partial charge in [0.05, 0.1) is 35.4 Å².